The number of methoxy groups -OCH3 is 4. The van der Waals surface area contributed by atoms with Gasteiger partial charge < -0.3 is 48.5 Å². The molecule has 14 nitrogen and oxygen atoms in total. The zero-order valence-corrected chi connectivity index (χ0v) is 29.4. The van der Waals surface area contributed by atoms with Crippen LogP contribution in [0.25, 0.3) is 0 Å². The average molecular weight is 667 g/mol. The van der Waals surface area contributed by atoms with Gasteiger partial charge in [-0.3, -0.25) is 9.59 Å². The van der Waals surface area contributed by atoms with Gasteiger partial charge in [0.15, 0.2) is 0 Å². The highest BCUT2D eigenvalue weighted by molar-refractivity contribution is 5.73. The number of hydrogen-bond acceptors (Lipinski definition) is 12. The van der Waals surface area contributed by atoms with Crippen LogP contribution in [0.15, 0.2) is 0 Å². The number of hydrogen-bond donors (Lipinski definition) is 2. The number of esters is 2. The number of carbonyl (C=O) groups is 4. The molecule has 0 aromatic rings. The molecule has 0 spiro atoms. The summed E-state index contributed by atoms with van der Waals surface area (Å²) in [5, 5.41) is 5.46. The number of nitrogens with one attached hydrogen (secondary N) is 2. The first kappa shape index (κ1) is 45.4. The first-order valence-corrected chi connectivity index (χ1v) is 16.2. The fourth-order valence-electron chi connectivity index (χ4n) is 3.67. The Morgan fingerprint density at radius 1 is 0.543 bits per heavy atom. The number of alkyl carbamates (subject to hydrolysis) is 2. The number of unbranched alkanes of at least 4 members (excludes halogenated alkanes) is 1. The van der Waals surface area contributed by atoms with Crippen LogP contribution >= 0.6 is 0 Å². The van der Waals surface area contributed by atoms with Crippen molar-refractivity contribution in [3.8, 4) is 0 Å². The van der Waals surface area contributed by atoms with Crippen molar-refractivity contribution in [1.29, 1.82) is 0 Å². The number of ether oxygens (including phenoxy) is 8. The SMILES string of the molecule is COCCCOC(=O)CCC(C)C(C)C(=O)OCCCOC.COCCCOC(=O)NCCCCC(C)NC(=O)OCCCOC. The van der Waals surface area contributed by atoms with E-state index in [0.29, 0.717) is 97.9 Å². The van der Waals surface area contributed by atoms with Crippen molar-refractivity contribution in [2.75, 3.05) is 87.8 Å². The molecule has 0 aliphatic rings. The molecule has 0 rings (SSSR count). The molecule has 0 aliphatic carbocycles. The summed E-state index contributed by atoms with van der Waals surface area (Å²) in [5.74, 6) is -0.619. The molecule has 2 amide bonds. The number of amides is 2. The number of rotatable bonds is 27. The van der Waals surface area contributed by atoms with Crippen molar-refractivity contribution in [2.45, 2.75) is 84.6 Å². The van der Waals surface area contributed by atoms with Crippen LogP contribution in [0.4, 0.5) is 9.59 Å². The van der Waals surface area contributed by atoms with Crippen molar-refractivity contribution in [2.24, 2.45) is 11.8 Å². The maximum atomic E-state index is 11.8. The van der Waals surface area contributed by atoms with Gasteiger partial charge in [-0.2, -0.15) is 0 Å². The fourth-order valence-corrected chi connectivity index (χ4v) is 3.67. The minimum Gasteiger partial charge on any atom is -0.466 e. The predicted molar refractivity (Wildman–Crippen MR) is 173 cm³/mol. The van der Waals surface area contributed by atoms with Gasteiger partial charge in [0.2, 0.25) is 0 Å². The lowest BCUT2D eigenvalue weighted by Gasteiger charge is -2.18. The van der Waals surface area contributed by atoms with Crippen molar-refractivity contribution >= 4 is 24.1 Å². The zero-order chi connectivity index (χ0) is 34.8. The van der Waals surface area contributed by atoms with E-state index < -0.39 is 12.2 Å². The van der Waals surface area contributed by atoms with E-state index in [1.54, 1.807) is 28.4 Å². The zero-order valence-electron chi connectivity index (χ0n) is 29.4. The summed E-state index contributed by atoms with van der Waals surface area (Å²) >= 11 is 0. The normalized spacial score (nSPS) is 12.5. The number of carbonyl (C=O) groups excluding carboxylic acids is 4. The molecule has 3 atom stereocenters. The van der Waals surface area contributed by atoms with Crippen LogP contribution in [0, 0.1) is 11.8 Å². The second-order valence-electron chi connectivity index (χ2n) is 10.8. The molecule has 0 aromatic heterocycles. The third-order valence-corrected chi connectivity index (χ3v) is 6.67. The predicted octanol–water partition coefficient (Wildman–Crippen LogP) is 4.27. The van der Waals surface area contributed by atoms with E-state index in [1.807, 2.05) is 20.8 Å². The minimum absolute atomic E-state index is 0.0286. The van der Waals surface area contributed by atoms with Crippen molar-refractivity contribution in [3.05, 3.63) is 0 Å². The van der Waals surface area contributed by atoms with Gasteiger partial charge >= 0.3 is 24.1 Å². The molecule has 272 valence electrons. The maximum Gasteiger partial charge on any atom is 0.407 e. The molecule has 0 saturated heterocycles. The minimum atomic E-state index is -0.406. The Kier molecular flexibility index (Phi) is 33.3. The van der Waals surface area contributed by atoms with E-state index in [-0.39, 0.29) is 29.8 Å². The van der Waals surface area contributed by atoms with Crippen molar-refractivity contribution in [3.63, 3.8) is 0 Å². The first-order valence-electron chi connectivity index (χ1n) is 16.2. The second kappa shape index (κ2) is 33.7. The Morgan fingerprint density at radius 2 is 1.02 bits per heavy atom. The summed E-state index contributed by atoms with van der Waals surface area (Å²) < 4.78 is 39.7. The van der Waals surface area contributed by atoms with Crippen LogP contribution in [0.5, 0.6) is 0 Å². The molecule has 0 aliphatic heterocycles. The van der Waals surface area contributed by atoms with E-state index in [4.69, 9.17) is 37.9 Å². The third-order valence-electron chi connectivity index (χ3n) is 6.67. The molecule has 0 saturated carbocycles. The quantitative estimate of drug-likeness (QED) is 0.0728. The van der Waals surface area contributed by atoms with Gasteiger partial charge in [-0.25, -0.2) is 9.59 Å². The molecule has 0 radical (unpaired) electrons. The van der Waals surface area contributed by atoms with E-state index in [9.17, 15) is 19.2 Å². The largest absolute Gasteiger partial charge is 0.466 e. The smallest absolute Gasteiger partial charge is 0.407 e. The van der Waals surface area contributed by atoms with Crippen LogP contribution in [-0.2, 0) is 47.5 Å². The highest BCUT2D eigenvalue weighted by Crippen LogP contribution is 2.19. The van der Waals surface area contributed by atoms with Gasteiger partial charge in [0.25, 0.3) is 0 Å². The summed E-state index contributed by atoms with van der Waals surface area (Å²) in [5.41, 5.74) is 0. The van der Waals surface area contributed by atoms with Crippen LogP contribution in [0.3, 0.4) is 0 Å². The molecule has 3 unspecified atom stereocenters. The lowest BCUT2D eigenvalue weighted by Crippen LogP contribution is -2.33. The van der Waals surface area contributed by atoms with Gasteiger partial charge in [0.1, 0.15) is 0 Å². The molecule has 0 fully saturated rings. The van der Waals surface area contributed by atoms with Crippen molar-refractivity contribution in [1.82, 2.24) is 10.6 Å². The van der Waals surface area contributed by atoms with Crippen LogP contribution in [0.2, 0.25) is 0 Å². The molecule has 0 heterocycles. The van der Waals surface area contributed by atoms with Crippen LogP contribution < -0.4 is 10.6 Å². The molecular weight excluding hydrogens is 604 g/mol. The van der Waals surface area contributed by atoms with E-state index in [0.717, 1.165) is 19.3 Å². The van der Waals surface area contributed by atoms with E-state index in [2.05, 4.69) is 10.6 Å². The Bertz CT molecular complexity index is 757. The second-order valence-corrected chi connectivity index (χ2v) is 10.8. The summed E-state index contributed by atoms with van der Waals surface area (Å²) in [6.07, 6.45) is 5.40. The van der Waals surface area contributed by atoms with Crippen LogP contribution in [-0.4, -0.2) is 118 Å². The Balaban J connectivity index is 0. The summed E-state index contributed by atoms with van der Waals surface area (Å²) in [7, 11) is 6.44. The molecule has 0 aromatic carbocycles. The monoisotopic (exact) mass is 666 g/mol. The summed E-state index contributed by atoms with van der Waals surface area (Å²) in [6, 6.07) is 0.0286. The van der Waals surface area contributed by atoms with E-state index >= 15 is 0 Å². The lowest BCUT2D eigenvalue weighted by molar-refractivity contribution is -0.151. The first-order chi connectivity index (χ1) is 22.1. The van der Waals surface area contributed by atoms with Gasteiger partial charge in [0.05, 0.1) is 32.3 Å². The molecule has 2 N–H and O–H groups in total. The Morgan fingerprint density at radius 3 is 1.54 bits per heavy atom. The van der Waals surface area contributed by atoms with Gasteiger partial charge in [0, 0.05) is 99.6 Å². The molecular formula is C32H62N2O12. The van der Waals surface area contributed by atoms with Crippen LogP contribution in [0.1, 0.15) is 78.6 Å². The highest BCUT2D eigenvalue weighted by Gasteiger charge is 2.22. The van der Waals surface area contributed by atoms with Crippen molar-refractivity contribution < 1.29 is 57.1 Å². The fraction of sp³-hybridized carbons (Fsp3) is 0.875. The third kappa shape index (κ3) is 31.3. The maximum absolute atomic E-state index is 11.8. The highest BCUT2D eigenvalue weighted by atomic mass is 16.6. The lowest BCUT2D eigenvalue weighted by atomic mass is 9.92. The van der Waals surface area contributed by atoms with Gasteiger partial charge in [-0.05, 0) is 38.5 Å². The van der Waals surface area contributed by atoms with Gasteiger partial charge in [-0.1, -0.05) is 13.8 Å². The standard InChI is InChI=1S/C16H32N2O6.C16H30O6/c1-14(18-16(20)24-13-7-11-22-3)8-4-5-9-17-15(19)23-12-6-10-21-2;1-13(7-8-15(17)21-11-5-9-19-3)14(2)16(18)22-12-6-10-20-4/h14H,4-13H2,1-3H3,(H,17,19)(H,18,20);13-14H,5-12H2,1-4H3. The molecule has 0 bridgehead atoms. The molecule has 46 heavy (non-hydrogen) atoms. The Hall–Kier alpha value is -2.68. The van der Waals surface area contributed by atoms with Gasteiger partial charge in [-0.15, -0.1) is 0 Å². The molecule has 14 heteroatoms. The summed E-state index contributed by atoms with van der Waals surface area (Å²) in [4.78, 5) is 46.2. The van der Waals surface area contributed by atoms with E-state index in [1.165, 1.54) is 0 Å². The topological polar surface area (TPSA) is 166 Å². The average Bonchev–Trinajstić information content (AvgIpc) is 3.04. The Labute approximate surface area is 276 Å². The summed E-state index contributed by atoms with van der Waals surface area (Å²) in [6.45, 7) is 10.00.